The van der Waals surface area contributed by atoms with Gasteiger partial charge < -0.3 is 14.9 Å². The Morgan fingerprint density at radius 3 is 2.82 bits per heavy atom. The first kappa shape index (κ1) is 17.6. The van der Waals surface area contributed by atoms with Gasteiger partial charge in [0.2, 0.25) is 0 Å². The van der Waals surface area contributed by atoms with Crippen molar-refractivity contribution in [3.63, 3.8) is 0 Å². The van der Waals surface area contributed by atoms with Crippen LogP contribution in [0.2, 0.25) is 0 Å². The highest BCUT2D eigenvalue weighted by Crippen LogP contribution is 2.50. The van der Waals surface area contributed by atoms with Gasteiger partial charge in [0.1, 0.15) is 0 Å². The molecule has 0 saturated heterocycles. The molecule has 0 bridgehead atoms. The van der Waals surface area contributed by atoms with Crippen molar-refractivity contribution in [2.75, 3.05) is 6.61 Å². The molecule has 3 heteroatoms. The molecule has 22 heavy (non-hydrogen) atoms. The van der Waals surface area contributed by atoms with Gasteiger partial charge >= 0.3 is 0 Å². The van der Waals surface area contributed by atoms with E-state index in [1.807, 2.05) is 19.3 Å². The maximum Gasteiger partial charge on any atom is 0.0845 e. The quantitative estimate of drug-likeness (QED) is 0.407. The molecule has 2 N–H and O–H groups in total. The van der Waals surface area contributed by atoms with E-state index < -0.39 is 0 Å². The minimum atomic E-state index is -0.363. The molecule has 2 saturated carbocycles. The van der Waals surface area contributed by atoms with E-state index in [1.54, 1.807) is 0 Å². The van der Waals surface area contributed by atoms with Crippen LogP contribution in [0.15, 0.2) is 24.0 Å². The average Bonchev–Trinajstić information content (AvgIpc) is 3.00. The van der Waals surface area contributed by atoms with E-state index in [-0.39, 0.29) is 18.1 Å². The molecule has 0 amide bonds. The zero-order valence-corrected chi connectivity index (χ0v) is 14.1. The molecule has 2 fully saturated rings. The molecule has 0 aromatic heterocycles. The lowest BCUT2D eigenvalue weighted by Gasteiger charge is -2.17. The van der Waals surface area contributed by atoms with Crippen molar-refractivity contribution in [2.45, 2.75) is 71.0 Å². The second kappa shape index (κ2) is 8.73. The number of allylic oxidation sites excluding steroid dienone is 1. The van der Waals surface area contributed by atoms with E-state index in [4.69, 9.17) is 4.74 Å². The lowest BCUT2D eigenvalue weighted by Crippen LogP contribution is -2.17. The summed E-state index contributed by atoms with van der Waals surface area (Å²) < 4.78 is 5.42. The monoisotopic (exact) mass is 308 g/mol. The van der Waals surface area contributed by atoms with Crippen molar-refractivity contribution in [3.8, 4) is 0 Å². The molecular weight excluding hydrogens is 276 g/mol. The van der Waals surface area contributed by atoms with Crippen molar-refractivity contribution >= 4 is 0 Å². The van der Waals surface area contributed by atoms with E-state index in [1.165, 1.54) is 18.4 Å². The third kappa shape index (κ3) is 4.60. The topological polar surface area (TPSA) is 49.7 Å². The Hall–Kier alpha value is -0.800. The maximum absolute atomic E-state index is 10.3. The summed E-state index contributed by atoms with van der Waals surface area (Å²) in [7, 11) is 0. The largest absolute Gasteiger partial charge is 0.502 e. The summed E-state index contributed by atoms with van der Waals surface area (Å²) in [5, 5.41) is 20.3. The zero-order valence-electron chi connectivity index (χ0n) is 14.1. The molecular formula is C19H32O3. The number of hydrogen-bond acceptors (Lipinski definition) is 3. The third-order valence-electron chi connectivity index (χ3n) is 5.19. The maximum atomic E-state index is 10.3. The molecule has 2 aliphatic carbocycles. The fraction of sp³-hybridized carbons (Fsp3) is 0.789. The first-order chi connectivity index (χ1) is 10.7. The standard InChI is InChI=1S/C19H32O3/c1-3-5-6-7-16(20)8-9-17-18-11-14(13-22-4-2)10-15(18)12-19(17)21/h8-9,13,15-21H,3-7,10-12H2,1-2H3/t15-,16-,17+,18-,19+/m0/s1. The molecule has 2 aliphatic rings. The van der Waals surface area contributed by atoms with Crippen molar-refractivity contribution < 1.29 is 14.9 Å². The van der Waals surface area contributed by atoms with Gasteiger partial charge in [-0.15, -0.1) is 0 Å². The Bertz CT molecular complexity index is 388. The van der Waals surface area contributed by atoms with Gasteiger partial charge in [-0.05, 0) is 50.0 Å². The summed E-state index contributed by atoms with van der Waals surface area (Å²) >= 11 is 0. The number of hydrogen-bond donors (Lipinski definition) is 2. The smallest absolute Gasteiger partial charge is 0.0845 e. The minimum absolute atomic E-state index is 0.193. The molecule has 0 aromatic rings. The molecule has 0 unspecified atom stereocenters. The van der Waals surface area contributed by atoms with Crippen LogP contribution in [-0.4, -0.2) is 29.0 Å². The van der Waals surface area contributed by atoms with Gasteiger partial charge in [-0.25, -0.2) is 0 Å². The van der Waals surface area contributed by atoms with Crippen molar-refractivity contribution in [1.82, 2.24) is 0 Å². The van der Waals surface area contributed by atoms with Gasteiger partial charge in [-0.1, -0.05) is 38.3 Å². The Kier molecular flexibility index (Phi) is 6.97. The zero-order chi connectivity index (χ0) is 15.9. The van der Waals surface area contributed by atoms with E-state index in [0.29, 0.717) is 11.8 Å². The molecule has 126 valence electrons. The minimum Gasteiger partial charge on any atom is -0.502 e. The van der Waals surface area contributed by atoms with Crippen LogP contribution < -0.4 is 0 Å². The summed E-state index contributed by atoms with van der Waals surface area (Å²) in [5.74, 6) is 1.28. The second-order valence-corrected chi connectivity index (χ2v) is 6.89. The summed E-state index contributed by atoms with van der Waals surface area (Å²) in [4.78, 5) is 0. The highest BCUT2D eigenvalue weighted by molar-refractivity contribution is 5.16. The predicted molar refractivity (Wildman–Crippen MR) is 89.3 cm³/mol. The van der Waals surface area contributed by atoms with Crippen LogP contribution in [0.4, 0.5) is 0 Å². The van der Waals surface area contributed by atoms with Crippen molar-refractivity contribution in [1.29, 1.82) is 0 Å². The van der Waals surface area contributed by atoms with E-state index in [9.17, 15) is 10.2 Å². The van der Waals surface area contributed by atoms with Crippen LogP contribution in [0.5, 0.6) is 0 Å². The van der Waals surface area contributed by atoms with Crippen LogP contribution in [-0.2, 0) is 4.74 Å². The normalized spacial score (nSPS) is 34.5. The lowest BCUT2D eigenvalue weighted by atomic mass is 9.90. The van der Waals surface area contributed by atoms with E-state index in [2.05, 4.69) is 13.0 Å². The Labute approximate surface area is 135 Å². The molecule has 2 rings (SSSR count). The number of ether oxygens (including phenoxy) is 1. The first-order valence-corrected chi connectivity index (χ1v) is 8.99. The SMILES string of the molecule is CCCCC[C@H](O)C=C[C@@H]1[C@H]2CC(=COCC)C[C@H]2C[C@H]1O. The molecule has 0 aromatic carbocycles. The van der Waals surface area contributed by atoms with Crippen molar-refractivity contribution in [2.24, 2.45) is 17.8 Å². The molecule has 3 nitrogen and oxygen atoms in total. The van der Waals surface area contributed by atoms with E-state index >= 15 is 0 Å². The number of unbranched alkanes of at least 4 members (excludes halogenated alkanes) is 2. The fourth-order valence-corrected chi connectivity index (χ4v) is 4.03. The predicted octanol–water partition coefficient (Wildman–Crippen LogP) is 3.81. The van der Waals surface area contributed by atoms with Gasteiger partial charge in [-0.3, -0.25) is 0 Å². The Morgan fingerprint density at radius 1 is 1.27 bits per heavy atom. The van der Waals surface area contributed by atoms with Gasteiger partial charge in [0, 0.05) is 5.92 Å². The van der Waals surface area contributed by atoms with E-state index in [0.717, 1.165) is 38.7 Å². The van der Waals surface area contributed by atoms with Gasteiger partial charge in [0.25, 0.3) is 0 Å². The Balaban J connectivity index is 1.87. The summed E-state index contributed by atoms with van der Waals surface area (Å²) in [5.41, 5.74) is 1.38. The van der Waals surface area contributed by atoms with Crippen LogP contribution >= 0.6 is 0 Å². The molecule has 0 heterocycles. The third-order valence-corrected chi connectivity index (χ3v) is 5.19. The van der Waals surface area contributed by atoms with Gasteiger partial charge in [0.05, 0.1) is 25.1 Å². The second-order valence-electron chi connectivity index (χ2n) is 6.89. The van der Waals surface area contributed by atoms with Crippen LogP contribution in [0.3, 0.4) is 0 Å². The molecule has 0 aliphatic heterocycles. The van der Waals surface area contributed by atoms with Crippen LogP contribution in [0.1, 0.15) is 58.8 Å². The van der Waals surface area contributed by atoms with Crippen molar-refractivity contribution in [3.05, 3.63) is 24.0 Å². The molecule has 5 atom stereocenters. The average molecular weight is 308 g/mol. The van der Waals surface area contributed by atoms with Crippen LogP contribution in [0.25, 0.3) is 0 Å². The summed E-state index contributed by atoms with van der Waals surface area (Å²) in [6.45, 7) is 4.89. The summed E-state index contributed by atoms with van der Waals surface area (Å²) in [6.07, 6.45) is 12.5. The van der Waals surface area contributed by atoms with Gasteiger partial charge in [-0.2, -0.15) is 0 Å². The van der Waals surface area contributed by atoms with Crippen LogP contribution in [0, 0.1) is 17.8 Å². The Morgan fingerprint density at radius 2 is 2.09 bits per heavy atom. The summed E-state index contributed by atoms with van der Waals surface area (Å²) in [6, 6.07) is 0. The fourth-order valence-electron chi connectivity index (χ4n) is 4.03. The first-order valence-electron chi connectivity index (χ1n) is 8.99. The number of fused-ring (bicyclic) bond motifs is 1. The lowest BCUT2D eigenvalue weighted by molar-refractivity contribution is 0.139. The number of aliphatic hydroxyl groups excluding tert-OH is 2. The number of aliphatic hydroxyl groups is 2. The molecule has 0 spiro atoms. The number of rotatable bonds is 8. The molecule has 0 radical (unpaired) electrons. The van der Waals surface area contributed by atoms with Gasteiger partial charge in [0.15, 0.2) is 0 Å². The highest BCUT2D eigenvalue weighted by Gasteiger charge is 2.45. The highest BCUT2D eigenvalue weighted by atomic mass is 16.5.